The van der Waals surface area contributed by atoms with E-state index >= 15 is 0 Å². The van der Waals surface area contributed by atoms with E-state index in [4.69, 9.17) is 25.8 Å². The third-order valence-electron chi connectivity index (χ3n) is 3.88. The molecule has 124 valence electrons. The van der Waals surface area contributed by atoms with Crippen molar-refractivity contribution in [2.45, 2.75) is 49.7 Å². The van der Waals surface area contributed by atoms with Crippen LogP contribution in [0.5, 0.6) is 0 Å². The van der Waals surface area contributed by atoms with E-state index in [9.17, 15) is 9.90 Å². The topological polar surface area (TPSA) is 80.3 Å². The van der Waals surface area contributed by atoms with Gasteiger partial charge in [0.1, 0.15) is 23.8 Å². The molecule has 0 aliphatic carbocycles. The van der Waals surface area contributed by atoms with Crippen molar-refractivity contribution in [2.75, 3.05) is 12.5 Å². The lowest BCUT2D eigenvalue weighted by molar-refractivity contribution is -0.206. The van der Waals surface area contributed by atoms with E-state index in [1.54, 1.807) is 11.1 Å². The first-order valence-corrected chi connectivity index (χ1v) is 8.06. The van der Waals surface area contributed by atoms with Gasteiger partial charge in [-0.15, -0.1) is 24.2 Å². The second kappa shape index (κ2) is 5.85. The minimum absolute atomic E-state index is 0.0793. The SMILES string of the molecule is CC1(C)OC2C(O1)[C@@H](CO)O[C@H]2N1C=C(CCl)C(=O)NC1S. The highest BCUT2D eigenvalue weighted by molar-refractivity contribution is 7.80. The molecule has 3 heterocycles. The van der Waals surface area contributed by atoms with Gasteiger partial charge in [-0.1, -0.05) is 0 Å². The fourth-order valence-electron chi connectivity index (χ4n) is 2.95. The van der Waals surface area contributed by atoms with Crippen molar-refractivity contribution in [1.82, 2.24) is 10.2 Å². The Balaban J connectivity index is 1.87. The standard InChI is InChI=1S/C13H19ClN2O5S/c1-13(2)20-8-7(5-17)19-11(9(8)21-13)16-4-6(3-14)10(18)15-12(16)22/h4,7-9,11-12,17,22H,3,5H2,1-2H3,(H,15,18)/t7-,8?,9?,11-,12?/m1/s1. The number of alkyl halides is 1. The Morgan fingerprint density at radius 3 is 2.77 bits per heavy atom. The maximum atomic E-state index is 11.8. The zero-order valence-corrected chi connectivity index (χ0v) is 13.9. The summed E-state index contributed by atoms with van der Waals surface area (Å²) >= 11 is 10.2. The Kier molecular flexibility index (Phi) is 4.34. The van der Waals surface area contributed by atoms with Gasteiger partial charge in [-0.25, -0.2) is 0 Å². The number of nitrogens with one attached hydrogen (secondary N) is 1. The second-order valence-electron chi connectivity index (χ2n) is 5.89. The zero-order chi connectivity index (χ0) is 16.1. The molecule has 3 aliphatic heterocycles. The van der Waals surface area contributed by atoms with Crippen LogP contribution < -0.4 is 5.32 Å². The van der Waals surface area contributed by atoms with Crippen LogP contribution in [0.3, 0.4) is 0 Å². The number of amides is 1. The van der Waals surface area contributed by atoms with Gasteiger partial charge < -0.3 is 29.5 Å². The first-order chi connectivity index (χ1) is 10.4. The van der Waals surface area contributed by atoms with Crippen LogP contribution in [0.2, 0.25) is 0 Å². The molecule has 7 nitrogen and oxygen atoms in total. The highest BCUT2D eigenvalue weighted by Crippen LogP contribution is 2.40. The van der Waals surface area contributed by atoms with Gasteiger partial charge in [0.25, 0.3) is 5.91 Å². The zero-order valence-electron chi connectivity index (χ0n) is 12.2. The minimum atomic E-state index is -0.755. The Labute approximate surface area is 138 Å². The van der Waals surface area contributed by atoms with E-state index in [-0.39, 0.29) is 24.5 Å². The maximum Gasteiger partial charge on any atom is 0.252 e. The number of aliphatic hydroxyl groups excluding tert-OH is 1. The monoisotopic (exact) mass is 350 g/mol. The van der Waals surface area contributed by atoms with E-state index < -0.39 is 29.7 Å². The van der Waals surface area contributed by atoms with E-state index in [0.29, 0.717) is 5.57 Å². The lowest BCUT2D eigenvalue weighted by Gasteiger charge is -2.38. The van der Waals surface area contributed by atoms with Gasteiger partial charge in [0.05, 0.1) is 12.5 Å². The molecule has 0 radical (unpaired) electrons. The predicted octanol–water partition coefficient (Wildman–Crippen LogP) is -0.00840. The van der Waals surface area contributed by atoms with Crippen LogP contribution in [0.1, 0.15) is 13.8 Å². The summed E-state index contributed by atoms with van der Waals surface area (Å²) in [6.45, 7) is 3.45. The van der Waals surface area contributed by atoms with Gasteiger partial charge in [-0.3, -0.25) is 4.79 Å². The van der Waals surface area contributed by atoms with Gasteiger partial charge >= 0.3 is 0 Å². The number of aliphatic hydroxyl groups is 1. The first kappa shape index (κ1) is 16.4. The molecule has 0 spiro atoms. The van der Waals surface area contributed by atoms with Gasteiger partial charge in [-0.2, -0.15) is 0 Å². The molecule has 9 heteroatoms. The molecule has 0 bridgehead atoms. The lowest BCUT2D eigenvalue weighted by atomic mass is 10.1. The fraction of sp³-hybridized carbons (Fsp3) is 0.769. The molecular weight excluding hydrogens is 332 g/mol. The molecule has 0 saturated carbocycles. The number of carbonyl (C=O) groups is 1. The average Bonchev–Trinajstić information content (AvgIpc) is 2.92. The molecular formula is C13H19ClN2O5S. The van der Waals surface area contributed by atoms with Crippen molar-refractivity contribution in [3.8, 4) is 0 Å². The molecule has 2 N–H and O–H groups in total. The molecule has 3 unspecified atom stereocenters. The number of thiol groups is 1. The second-order valence-corrected chi connectivity index (χ2v) is 6.65. The highest BCUT2D eigenvalue weighted by atomic mass is 35.5. The average molecular weight is 351 g/mol. The van der Waals surface area contributed by atoms with Crippen LogP contribution in [-0.2, 0) is 19.0 Å². The largest absolute Gasteiger partial charge is 0.394 e. The van der Waals surface area contributed by atoms with Crippen molar-refractivity contribution in [3.63, 3.8) is 0 Å². The smallest absolute Gasteiger partial charge is 0.252 e. The van der Waals surface area contributed by atoms with E-state index in [2.05, 4.69) is 17.9 Å². The fourth-order valence-corrected chi connectivity index (χ4v) is 3.45. The number of nitrogens with zero attached hydrogens (tertiary/aromatic N) is 1. The van der Waals surface area contributed by atoms with Crippen LogP contribution in [0.15, 0.2) is 11.8 Å². The summed E-state index contributed by atoms with van der Waals surface area (Å²) in [7, 11) is 0. The molecule has 3 aliphatic rings. The van der Waals surface area contributed by atoms with Crippen molar-refractivity contribution in [2.24, 2.45) is 0 Å². The number of rotatable bonds is 3. The number of halogens is 1. The molecule has 0 aromatic heterocycles. The quantitative estimate of drug-likeness (QED) is 0.491. The first-order valence-electron chi connectivity index (χ1n) is 7.01. The summed E-state index contributed by atoms with van der Waals surface area (Å²) in [5, 5.41) is 12.2. The molecule has 2 saturated heterocycles. The van der Waals surface area contributed by atoms with Crippen LogP contribution in [-0.4, -0.2) is 64.2 Å². The number of hydrogen-bond donors (Lipinski definition) is 3. The molecule has 5 atom stereocenters. The maximum absolute atomic E-state index is 11.8. The van der Waals surface area contributed by atoms with Crippen molar-refractivity contribution < 1.29 is 24.1 Å². The van der Waals surface area contributed by atoms with Crippen LogP contribution >= 0.6 is 24.2 Å². The highest BCUT2D eigenvalue weighted by Gasteiger charge is 2.57. The molecule has 3 rings (SSSR count). The van der Waals surface area contributed by atoms with Gasteiger partial charge in [0.2, 0.25) is 0 Å². The van der Waals surface area contributed by atoms with Crippen molar-refractivity contribution >= 4 is 30.1 Å². The molecule has 0 aromatic rings. The normalized spacial score (nSPS) is 40.4. The third-order valence-corrected chi connectivity index (χ3v) is 4.57. The van der Waals surface area contributed by atoms with Crippen molar-refractivity contribution in [1.29, 1.82) is 0 Å². The van der Waals surface area contributed by atoms with Crippen LogP contribution in [0, 0.1) is 0 Å². The summed E-state index contributed by atoms with van der Waals surface area (Å²) in [4.78, 5) is 13.5. The van der Waals surface area contributed by atoms with Crippen LogP contribution in [0.4, 0.5) is 0 Å². The van der Waals surface area contributed by atoms with Gasteiger partial charge in [0, 0.05) is 11.8 Å². The molecule has 2 fully saturated rings. The van der Waals surface area contributed by atoms with E-state index in [1.165, 1.54) is 0 Å². The summed E-state index contributed by atoms with van der Waals surface area (Å²) in [5.41, 5.74) is -0.160. The number of fused-ring (bicyclic) bond motifs is 1. The summed E-state index contributed by atoms with van der Waals surface area (Å²) in [6.07, 6.45) is -0.187. The summed E-state index contributed by atoms with van der Waals surface area (Å²) < 4.78 is 17.6. The molecule has 22 heavy (non-hydrogen) atoms. The Hall–Kier alpha value is -0.510. The van der Waals surface area contributed by atoms with E-state index in [0.717, 1.165) is 0 Å². The number of ether oxygens (including phenoxy) is 3. The van der Waals surface area contributed by atoms with Crippen molar-refractivity contribution in [3.05, 3.63) is 11.8 Å². The Bertz CT molecular complexity index is 503. The number of carbonyl (C=O) groups excluding carboxylic acids is 1. The lowest BCUT2D eigenvalue weighted by Crippen LogP contribution is -2.54. The Morgan fingerprint density at radius 1 is 1.45 bits per heavy atom. The summed E-state index contributed by atoms with van der Waals surface area (Å²) in [5.74, 6) is -0.936. The third kappa shape index (κ3) is 2.72. The van der Waals surface area contributed by atoms with Gasteiger partial charge in [0.15, 0.2) is 12.0 Å². The predicted molar refractivity (Wildman–Crippen MR) is 81.1 cm³/mol. The molecule has 0 aromatic carbocycles. The summed E-state index contributed by atoms with van der Waals surface area (Å²) in [6, 6.07) is 0. The van der Waals surface area contributed by atoms with E-state index in [1.807, 2.05) is 13.8 Å². The van der Waals surface area contributed by atoms with Crippen LogP contribution in [0.25, 0.3) is 0 Å². The molecule has 1 amide bonds. The Morgan fingerprint density at radius 2 is 2.14 bits per heavy atom. The number of hydrogen-bond acceptors (Lipinski definition) is 7. The van der Waals surface area contributed by atoms with Gasteiger partial charge in [-0.05, 0) is 13.8 Å². The minimum Gasteiger partial charge on any atom is -0.394 e.